The van der Waals surface area contributed by atoms with Crippen LogP contribution in [0.2, 0.25) is 0 Å². The van der Waals surface area contributed by atoms with E-state index in [0.29, 0.717) is 19.6 Å². The normalized spacial score (nSPS) is 17.9. The molecule has 0 aliphatic carbocycles. The topological polar surface area (TPSA) is 84.3 Å². The quantitative estimate of drug-likeness (QED) is 0.854. The molecule has 0 bridgehead atoms. The minimum Gasteiger partial charge on any atom is -0.348 e. The lowest BCUT2D eigenvalue weighted by atomic mass is 10.3. The molecule has 136 valence electrons. The van der Waals surface area contributed by atoms with Crippen LogP contribution in [0, 0.1) is 0 Å². The van der Waals surface area contributed by atoms with Gasteiger partial charge in [-0.2, -0.15) is 0 Å². The summed E-state index contributed by atoms with van der Waals surface area (Å²) in [5.74, 6) is 0.972. The molecule has 1 aromatic carbocycles. The molecule has 1 aromatic heterocycles. The molecule has 1 saturated heterocycles. The third-order valence-electron chi connectivity index (χ3n) is 4.43. The first-order valence-electron chi connectivity index (χ1n) is 8.51. The van der Waals surface area contributed by atoms with Gasteiger partial charge in [-0.05, 0) is 26.0 Å². The number of hydrogen-bond donors (Lipinski definition) is 1. The summed E-state index contributed by atoms with van der Waals surface area (Å²) in [4.78, 5) is 18.7. The fourth-order valence-electron chi connectivity index (χ4n) is 3.14. The van der Waals surface area contributed by atoms with Crippen molar-refractivity contribution >= 4 is 26.8 Å². The summed E-state index contributed by atoms with van der Waals surface area (Å²) in [5.41, 5.74) is 1.98. The van der Waals surface area contributed by atoms with E-state index in [0.717, 1.165) is 16.9 Å². The lowest BCUT2D eigenvalue weighted by molar-refractivity contribution is -0.122. The third kappa shape index (κ3) is 4.19. The summed E-state index contributed by atoms with van der Waals surface area (Å²) in [6.45, 7) is 5.59. The largest absolute Gasteiger partial charge is 0.348 e. The molecule has 1 aliphatic heterocycles. The Morgan fingerprint density at radius 1 is 1.24 bits per heavy atom. The average Bonchev–Trinajstić information content (AvgIpc) is 2.93. The van der Waals surface area contributed by atoms with Crippen LogP contribution in [0.3, 0.4) is 0 Å². The van der Waals surface area contributed by atoms with Gasteiger partial charge in [0, 0.05) is 19.1 Å². The highest BCUT2D eigenvalue weighted by molar-refractivity contribution is 7.91. The molecule has 7 nitrogen and oxygen atoms in total. The first kappa shape index (κ1) is 17.9. The first-order chi connectivity index (χ1) is 11.9. The van der Waals surface area contributed by atoms with Gasteiger partial charge in [-0.1, -0.05) is 12.1 Å². The highest BCUT2D eigenvalue weighted by atomic mass is 32.2. The highest BCUT2D eigenvalue weighted by Gasteiger charge is 2.23. The van der Waals surface area contributed by atoms with Crippen LogP contribution >= 0.6 is 0 Å². The third-order valence-corrected chi connectivity index (χ3v) is 6.04. The predicted molar refractivity (Wildman–Crippen MR) is 97.1 cm³/mol. The van der Waals surface area contributed by atoms with E-state index in [1.165, 1.54) is 0 Å². The van der Waals surface area contributed by atoms with Gasteiger partial charge < -0.3 is 9.88 Å². The van der Waals surface area contributed by atoms with Crippen molar-refractivity contribution in [2.24, 2.45) is 0 Å². The maximum atomic E-state index is 12.2. The van der Waals surface area contributed by atoms with E-state index >= 15 is 0 Å². The molecule has 0 radical (unpaired) electrons. The summed E-state index contributed by atoms with van der Waals surface area (Å²) in [7, 11) is -2.92. The molecule has 3 rings (SSSR count). The molecular formula is C17H24N4O3S. The Balaban J connectivity index is 1.63. The fraction of sp³-hybridized carbons (Fsp3) is 0.529. The van der Waals surface area contributed by atoms with Gasteiger partial charge in [0.05, 0.1) is 35.6 Å². The molecule has 0 unspecified atom stereocenters. The van der Waals surface area contributed by atoms with Crippen LogP contribution in [0.1, 0.15) is 25.7 Å². The second-order valence-electron chi connectivity index (χ2n) is 6.69. The molecule has 1 N–H and O–H groups in total. The van der Waals surface area contributed by atoms with Gasteiger partial charge in [0.15, 0.2) is 9.84 Å². The van der Waals surface area contributed by atoms with Gasteiger partial charge in [0.2, 0.25) is 5.91 Å². The van der Waals surface area contributed by atoms with Gasteiger partial charge in [0.25, 0.3) is 0 Å². The zero-order chi connectivity index (χ0) is 18.0. The number of aromatic nitrogens is 2. The van der Waals surface area contributed by atoms with Gasteiger partial charge >= 0.3 is 0 Å². The number of imidazole rings is 1. The van der Waals surface area contributed by atoms with Crippen LogP contribution < -0.4 is 5.32 Å². The van der Waals surface area contributed by atoms with Gasteiger partial charge in [-0.3, -0.25) is 9.69 Å². The molecule has 25 heavy (non-hydrogen) atoms. The number of sulfone groups is 1. The van der Waals surface area contributed by atoms with Crippen molar-refractivity contribution in [3.05, 3.63) is 30.1 Å². The standard InChI is InChI=1S/C17H24N4O3S/c1-13(2)21-15-6-4-3-5-14(15)19-16(21)11-18-17(22)12-20-7-9-25(23,24)10-8-20/h3-6,13H,7-12H2,1-2H3,(H,18,22). The number of nitrogens with zero attached hydrogens (tertiary/aromatic N) is 3. The van der Waals surface area contributed by atoms with Crippen molar-refractivity contribution in [3.63, 3.8) is 0 Å². The maximum Gasteiger partial charge on any atom is 0.234 e. The summed E-state index contributed by atoms with van der Waals surface area (Å²) in [6, 6.07) is 8.17. The van der Waals surface area contributed by atoms with Crippen molar-refractivity contribution in [1.29, 1.82) is 0 Å². The van der Waals surface area contributed by atoms with E-state index in [2.05, 4.69) is 28.7 Å². The number of fused-ring (bicyclic) bond motifs is 1. The Kier molecular flexibility index (Phi) is 5.10. The van der Waals surface area contributed by atoms with Crippen molar-refractivity contribution < 1.29 is 13.2 Å². The zero-order valence-corrected chi connectivity index (χ0v) is 15.4. The second kappa shape index (κ2) is 7.13. The van der Waals surface area contributed by atoms with Crippen LogP contribution in [0.4, 0.5) is 0 Å². The van der Waals surface area contributed by atoms with E-state index in [-0.39, 0.29) is 30.0 Å². The minimum atomic E-state index is -2.92. The van der Waals surface area contributed by atoms with Crippen molar-refractivity contribution in [3.8, 4) is 0 Å². The predicted octanol–water partition coefficient (Wildman–Crippen LogP) is 0.964. The lowest BCUT2D eigenvalue weighted by Crippen LogP contribution is -2.45. The summed E-state index contributed by atoms with van der Waals surface area (Å²) >= 11 is 0. The number of para-hydroxylation sites is 2. The molecule has 1 aliphatic rings. The molecule has 1 amide bonds. The summed E-state index contributed by atoms with van der Waals surface area (Å²) < 4.78 is 25.0. The molecule has 2 aromatic rings. The second-order valence-corrected chi connectivity index (χ2v) is 8.99. The molecule has 8 heteroatoms. The number of nitrogens with one attached hydrogen (secondary N) is 1. The summed E-state index contributed by atoms with van der Waals surface area (Å²) in [6.07, 6.45) is 0. The maximum absolute atomic E-state index is 12.2. The summed E-state index contributed by atoms with van der Waals surface area (Å²) in [5, 5.41) is 2.91. The van der Waals surface area contributed by atoms with E-state index in [4.69, 9.17) is 0 Å². The van der Waals surface area contributed by atoms with Crippen LogP contribution in [-0.4, -0.2) is 59.9 Å². The van der Waals surface area contributed by atoms with Crippen LogP contribution in [0.5, 0.6) is 0 Å². The minimum absolute atomic E-state index is 0.110. The van der Waals surface area contributed by atoms with Crippen LogP contribution in [-0.2, 0) is 21.2 Å². The Morgan fingerprint density at radius 2 is 1.92 bits per heavy atom. The number of rotatable bonds is 5. The first-order valence-corrected chi connectivity index (χ1v) is 10.3. The van der Waals surface area contributed by atoms with E-state index < -0.39 is 9.84 Å². The van der Waals surface area contributed by atoms with E-state index in [1.807, 2.05) is 29.2 Å². The molecule has 0 spiro atoms. The number of carbonyl (C=O) groups excluding carboxylic acids is 1. The number of carbonyl (C=O) groups is 1. The Hall–Kier alpha value is -1.93. The van der Waals surface area contributed by atoms with E-state index in [9.17, 15) is 13.2 Å². The highest BCUT2D eigenvalue weighted by Crippen LogP contribution is 2.20. The molecule has 0 saturated carbocycles. The number of hydrogen-bond acceptors (Lipinski definition) is 5. The Labute approximate surface area is 147 Å². The van der Waals surface area contributed by atoms with Crippen molar-refractivity contribution in [1.82, 2.24) is 19.8 Å². The molecular weight excluding hydrogens is 340 g/mol. The van der Waals surface area contributed by atoms with Crippen LogP contribution in [0.15, 0.2) is 24.3 Å². The van der Waals surface area contributed by atoms with Crippen molar-refractivity contribution in [2.45, 2.75) is 26.4 Å². The average molecular weight is 364 g/mol. The van der Waals surface area contributed by atoms with Gasteiger partial charge in [-0.15, -0.1) is 0 Å². The Morgan fingerprint density at radius 3 is 2.60 bits per heavy atom. The lowest BCUT2D eigenvalue weighted by Gasteiger charge is -2.25. The smallest absolute Gasteiger partial charge is 0.234 e. The van der Waals surface area contributed by atoms with Gasteiger partial charge in [-0.25, -0.2) is 13.4 Å². The fourth-order valence-corrected chi connectivity index (χ4v) is 4.42. The molecule has 2 heterocycles. The van der Waals surface area contributed by atoms with Gasteiger partial charge in [0.1, 0.15) is 5.82 Å². The zero-order valence-electron chi connectivity index (χ0n) is 14.6. The van der Waals surface area contributed by atoms with Crippen molar-refractivity contribution in [2.75, 3.05) is 31.1 Å². The molecule has 1 fully saturated rings. The van der Waals surface area contributed by atoms with E-state index in [1.54, 1.807) is 0 Å². The number of amides is 1. The SMILES string of the molecule is CC(C)n1c(CNC(=O)CN2CCS(=O)(=O)CC2)nc2ccccc21. The van der Waals surface area contributed by atoms with Crippen LogP contribution in [0.25, 0.3) is 11.0 Å². The molecule has 0 atom stereocenters. The monoisotopic (exact) mass is 364 g/mol. The Bertz CT molecular complexity index is 859. The number of benzene rings is 1.